The van der Waals surface area contributed by atoms with Crippen LogP contribution in [0.4, 0.5) is 4.79 Å². The van der Waals surface area contributed by atoms with E-state index in [9.17, 15) is 14.4 Å². The number of carbonyl (C=O) groups is 3. The number of nitrogens with one attached hydrogen (secondary N) is 1. The van der Waals surface area contributed by atoms with E-state index in [0.29, 0.717) is 6.54 Å². The fourth-order valence-electron chi connectivity index (χ4n) is 1.51. The van der Waals surface area contributed by atoms with Gasteiger partial charge in [0.1, 0.15) is 6.04 Å². The largest absolute Gasteiger partial charge is 0.480 e. The lowest BCUT2D eigenvalue weighted by Gasteiger charge is -2.20. The molecule has 1 heterocycles. The quantitative estimate of drug-likeness (QED) is 0.684. The second-order valence-corrected chi connectivity index (χ2v) is 5.31. The van der Waals surface area contributed by atoms with Crippen LogP contribution in [0.25, 0.3) is 0 Å². The predicted molar refractivity (Wildman–Crippen MR) is 74.2 cm³/mol. The normalized spacial score (nSPS) is 11.7. The molecule has 4 N–H and O–H groups in total. The van der Waals surface area contributed by atoms with E-state index in [4.69, 9.17) is 10.8 Å². The summed E-state index contributed by atoms with van der Waals surface area (Å²) in [6.45, 7) is 0.395. The molecule has 0 bridgehead atoms. The van der Waals surface area contributed by atoms with E-state index in [-0.39, 0.29) is 12.8 Å². The van der Waals surface area contributed by atoms with E-state index >= 15 is 0 Å². The van der Waals surface area contributed by atoms with Crippen LogP contribution in [0.15, 0.2) is 17.5 Å². The fourth-order valence-corrected chi connectivity index (χ4v) is 2.27. The van der Waals surface area contributed by atoms with Gasteiger partial charge >= 0.3 is 12.0 Å². The highest BCUT2D eigenvalue weighted by Crippen LogP contribution is 2.11. The highest BCUT2D eigenvalue weighted by Gasteiger charge is 2.22. The Labute approximate surface area is 120 Å². The number of hydrogen-bond acceptors (Lipinski definition) is 4. The number of amides is 3. The van der Waals surface area contributed by atoms with Gasteiger partial charge in [-0.15, -0.1) is 11.3 Å². The third-order valence-electron chi connectivity index (χ3n) is 2.60. The Hall–Kier alpha value is -2.09. The van der Waals surface area contributed by atoms with Gasteiger partial charge in [-0.3, -0.25) is 4.79 Å². The second-order valence-electron chi connectivity index (χ2n) is 4.28. The van der Waals surface area contributed by atoms with Crippen LogP contribution < -0.4 is 11.1 Å². The van der Waals surface area contributed by atoms with Gasteiger partial charge in [-0.2, -0.15) is 0 Å². The van der Waals surface area contributed by atoms with Gasteiger partial charge in [-0.25, -0.2) is 9.59 Å². The van der Waals surface area contributed by atoms with Gasteiger partial charge in [0.15, 0.2) is 0 Å². The van der Waals surface area contributed by atoms with Gasteiger partial charge in [-0.1, -0.05) is 6.07 Å². The van der Waals surface area contributed by atoms with Crippen molar-refractivity contribution >= 4 is 29.2 Å². The van der Waals surface area contributed by atoms with Crippen LogP contribution in [-0.4, -0.2) is 41.0 Å². The molecule has 1 aromatic rings. The predicted octanol–water partition coefficient (Wildman–Crippen LogP) is 0.608. The van der Waals surface area contributed by atoms with Crippen LogP contribution in [0, 0.1) is 0 Å². The number of rotatable bonds is 7. The van der Waals surface area contributed by atoms with Crippen LogP contribution in [0.3, 0.4) is 0 Å². The minimum atomic E-state index is -1.19. The molecular formula is C12H17N3O4S. The van der Waals surface area contributed by atoms with Crippen LogP contribution in [0.1, 0.15) is 17.7 Å². The van der Waals surface area contributed by atoms with Gasteiger partial charge in [0.05, 0.1) is 6.54 Å². The van der Waals surface area contributed by atoms with Crippen molar-refractivity contribution in [3.63, 3.8) is 0 Å². The number of nitrogens with two attached hydrogens (primary N) is 1. The Morgan fingerprint density at radius 2 is 2.20 bits per heavy atom. The van der Waals surface area contributed by atoms with Crippen molar-refractivity contribution in [2.24, 2.45) is 5.73 Å². The minimum absolute atomic E-state index is 0.0246. The maximum Gasteiger partial charge on any atom is 0.326 e. The van der Waals surface area contributed by atoms with Gasteiger partial charge in [0.2, 0.25) is 5.91 Å². The lowest BCUT2D eigenvalue weighted by molar-refractivity contribution is -0.139. The molecule has 0 spiro atoms. The van der Waals surface area contributed by atoms with Crippen LogP contribution >= 0.6 is 11.3 Å². The first-order chi connectivity index (χ1) is 9.40. The molecule has 110 valence electrons. The zero-order valence-electron chi connectivity index (χ0n) is 11.0. The van der Waals surface area contributed by atoms with Crippen molar-refractivity contribution in [3.8, 4) is 0 Å². The maximum absolute atomic E-state index is 11.9. The number of hydrogen-bond donors (Lipinski definition) is 3. The summed E-state index contributed by atoms with van der Waals surface area (Å²) in [4.78, 5) is 35.9. The van der Waals surface area contributed by atoms with Crippen LogP contribution in [-0.2, 0) is 16.1 Å². The summed E-state index contributed by atoms with van der Waals surface area (Å²) in [5.41, 5.74) is 4.97. The Morgan fingerprint density at radius 3 is 2.70 bits per heavy atom. The van der Waals surface area contributed by atoms with Crippen LogP contribution in [0.5, 0.6) is 0 Å². The Balaban J connectivity index is 2.52. The highest BCUT2D eigenvalue weighted by molar-refractivity contribution is 7.09. The minimum Gasteiger partial charge on any atom is -0.480 e. The zero-order valence-corrected chi connectivity index (χ0v) is 11.9. The highest BCUT2D eigenvalue weighted by atomic mass is 32.1. The smallest absolute Gasteiger partial charge is 0.326 e. The first kappa shape index (κ1) is 16.0. The average Bonchev–Trinajstić information content (AvgIpc) is 2.86. The maximum atomic E-state index is 11.9. The number of carboxylic acid groups (broad SMARTS) is 1. The first-order valence-electron chi connectivity index (χ1n) is 5.95. The monoisotopic (exact) mass is 299 g/mol. The van der Waals surface area contributed by atoms with Gasteiger partial charge < -0.3 is 21.1 Å². The van der Waals surface area contributed by atoms with E-state index in [2.05, 4.69) is 5.32 Å². The van der Waals surface area contributed by atoms with Crippen molar-refractivity contribution < 1.29 is 19.5 Å². The molecule has 1 aromatic heterocycles. The number of carbonyl (C=O) groups excluding carboxylic acids is 2. The zero-order chi connectivity index (χ0) is 15.1. The molecular weight excluding hydrogens is 282 g/mol. The number of thiophene rings is 1. The molecule has 0 aliphatic heterocycles. The molecule has 0 aromatic carbocycles. The number of nitrogens with zero attached hydrogens (tertiary/aromatic N) is 1. The molecule has 8 heteroatoms. The Kier molecular flexibility index (Phi) is 5.98. The second kappa shape index (κ2) is 7.49. The van der Waals surface area contributed by atoms with E-state index in [1.165, 1.54) is 16.2 Å². The molecule has 7 nitrogen and oxygen atoms in total. The SMILES string of the molecule is CN(Cc1cccs1)C(=O)N[C@@H](CCC(N)=O)C(=O)O. The standard InChI is InChI=1S/C12H17N3O4S/c1-15(7-8-3-2-6-20-8)12(19)14-9(11(17)18)4-5-10(13)16/h2-3,6,9H,4-5,7H2,1H3,(H2,13,16)(H,14,19)(H,17,18)/t9-/m0/s1. The van der Waals surface area contributed by atoms with Crippen molar-refractivity contribution in [3.05, 3.63) is 22.4 Å². The van der Waals surface area contributed by atoms with E-state index in [1.54, 1.807) is 7.05 Å². The molecule has 0 unspecified atom stereocenters. The summed E-state index contributed by atoms with van der Waals surface area (Å²) < 4.78 is 0. The van der Waals surface area contributed by atoms with Crippen molar-refractivity contribution in [1.82, 2.24) is 10.2 Å². The van der Waals surface area contributed by atoms with Crippen LogP contribution in [0.2, 0.25) is 0 Å². The first-order valence-corrected chi connectivity index (χ1v) is 6.83. The van der Waals surface area contributed by atoms with Crippen molar-refractivity contribution in [2.45, 2.75) is 25.4 Å². The number of urea groups is 1. The van der Waals surface area contributed by atoms with E-state index < -0.39 is 23.9 Å². The number of aliphatic carboxylic acids is 1. The summed E-state index contributed by atoms with van der Waals surface area (Å²) in [6.07, 6.45) is -0.116. The summed E-state index contributed by atoms with van der Waals surface area (Å²) in [5, 5.41) is 13.3. The summed E-state index contributed by atoms with van der Waals surface area (Å²) in [5.74, 6) is -1.79. The molecule has 20 heavy (non-hydrogen) atoms. The Morgan fingerprint density at radius 1 is 1.50 bits per heavy atom. The number of primary amides is 1. The molecule has 1 rings (SSSR count). The van der Waals surface area contributed by atoms with E-state index in [1.807, 2.05) is 17.5 Å². The summed E-state index contributed by atoms with van der Waals surface area (Å²) in [7, 11) is 1.57. The lowest BCUT2D eigenvalue weighted by atomic mass is 10.1. The molecule has 0 fully saturated rings. The molecule has 1 atom stereocenters. The Bertz CT molecular complexity index is 475. The van der Waals surface area contributed by atoms with Gasteiger partial charge in [-0.05, 0) is 17.9 Å². The lowest BCUT2D eigenvalue weighted by Crippen LogP contribution is -2.46. The van der Waals surface area contributed by atoms with Crippen molar-refractivity contribution in [2.75, 3.05) is 7.05 Å². The summed E-state index contributed by atoms with van der Waals surface area (Å²) >= 11 is 1.51. The van der Waals surface area contributed by atoms with Crippen molar-refractivity contribution in [1.29, 1.82) is 0 Å². The molecule has 3 amide bonds. The average molecular weight is 299 g/mol. The fraction of sp³-hybridized carbons (Fsp3) is 0.417. The number of carboxylic acids is 1. The molecule has 0 aliphatic carbocycles. The summed E-state index contributed by atoms with van der Waals surface area (Å²) in [6, 6.07) is 2.13. The topological polar surface area (TPSA) is 113 Å². The third kappa shape index (κ3) is 5.27. The molecule has 0 radical (unpaired) electrons. The third-order valence-corrected chi connectivity index (χ3v) is 3.46. The molecule has 0 aliphatic rings. The molecule has 0 saturated carbocycles. The van der Waals surface area contributed by atoms with Gasteiger partial charge in [0, 0.05) is 18.3 Å². The van der Waals surface area contributed by atoms with Gasteiger partial charge in [0.25, 0.3) is 0 Å². The molecule has 0 saturated heterocycles. The van der Waals surface area contributed by atoms with E-state index in [0.717, 1.165) is 4.88 Å².